The average Bonchev–Trinajstić information content (AvgIpc) is 3.68. The Morgan fingerprint density at radius 1 is 0.810 bits per heavy atom. The first-order valence-electron chi connectivity index (χ1n) is 17.5. The minimum Gasteiger partial charge on any atom is -0.441 e. The molecule has 0 aliphatic rings. The minimum absolute atomic E-state index is 0.0531. The quantitative estimate of drug-likeness (QED) is 0.0902. The molecule has 0 bridgehead atoms. The van der Waals surface area contributed by atoms with Gasteiger partial charge in [0.2, 0.25) is 20.0 Å². The fraction of sp³-hybridized carbons (Fsp3) is 0.179. The van der Waals surface area contributed by atoms with Crippen LogP contribution in [0.25, 0.3) is 27.9 Å². The molecule has 6 aromatic rings. The van der Waals surface area contributed by atoms with Crippen molar-refractivity contribution in [2.75, 3.05) is 32.6 Å². The van der Waals surface area contributed by atoms with Gasteiger partial charge in [-0.1, -0.05) is 72.3 Å². The van der Waals surface area contributed by atoms with Gasteiger partial charge in [-0.05, 0) is 60.0 Å². The smallest absolute Gasteiger partial charge is 0.441 e. The number of ether oxygens (including phenoxy) is 2. The Labute approximate surface area is 340 Å². The molecular weight excluding hydrogens is 808 g/mol. The average molecular weight is 848 g/mol. The topological polar surface area (TPSA) is 196 Å². The highest BCUT2D eigenvalue weighted by Gasteiger charge is 2.27. The van der Waals surface area contributed by atoms with E-state index in [1.54, 1.807) is 110 Å². The number of halogens is 1. The molecule has 58 heavy (non-hydrogen) atoms. The highest BCUT2D eigenvalue weighted by Crippen LogP contribution is 2.33. The second-order valence-electron chi connectivity index (χ2n) is 13.3. The van der Waals surface area contributed by atoms with Gasteiger partial charge in [-0.2, -0.15) is 24.6 Å². The number of benzene rings is 4. The standard InChI is InChI=1S/C39H39ClN8O8S2/c1-25(56-39(50)42-36-33(22-41-46(36)2)27-11-15-29(16-12-27)44-57(4,51)52)32-20-19-31(21-35(32)40)48-23-34(28-13-17-30(18-14-28)45-58(5,53)54)37(47(48)3)43-38(49)55-24-26-9-7-6-8-10-26/h6-23,25,44-45H,24H2,1-5H3,(H,41,42,50)/p+1/t25-/m1/s1. The fourth-order valence-corrected chi connectivity index (χ4v) is 7.47. The van der Waals surface area contributed by atoms with Crippen molar-refractivity contribution in [3.63, 3.8) is 0 Å². The molecule has 4 aromatic carbocycles. The summed E-state index contributed by atoms with van der Waals surface area (Å²) in [5, 5.41) is 10.1. The molecule has 2 amide bonds. The lowest BCUT2D eigenvalue weighted by atomic mass is 10.1. The number of amides is 2. The highest BCUT2D eigenvalue weighted by atomic mass is 35.5. The van der Waals surface area contributed by atoms with Gasteiger partial charge >= 0.3 is 18.0 Å². The third kappa shape index (κ3) is 10.3. The summed E-state index contributed by atoms with van der Waals surface area (Å²) in [6.45, 7) is 1.73. The highest BCUT2D eigenvalue weighted by molar-refractivity contribution is 7.92. The number of sulfonamides is 2. The van der Waals surface area contributed by atoms with Gasteiger partial charge in [-0.25, -0.2) is 21.6 Å². The molecule has 2 heterocycles. The summed E-state index contributed by atoms with van der Waals surface area (Å²) in [6.07, 6.45) is 3.24. The zero-order valence-electron chi connectivity index (χ0n) is 31.9. The molecule has 0 spiro atoms. The maximum absolute atomic E-state index is 13.2. The fourth-order valence-electron chi connectivity index (χ4n) is 6.01. The van der Waals surface area contributed by atoms with Gasteiger partial charge in [0.25, 0.3) is 0 Å². The van der Waals surface area contributed by atoms with Crippen molar-refractivity contribution in [3.8, 4) is 27.9 Å². The molecule has 6 rings (SSSR count). The van der Waals surface area contributed by atoms with Crippen molar-refractivity contribution >= 4 is 66.8 Å². The normalized spacial score (nSPS) is 12.0. The van der Waals surface area contributed by atoms with E-state index < -0.39 is 38.3 Å². The van der Waals surface area contributed by atoms with E-state index in [1.165, 1.54) is 4.68 Å². The number of aryl methyl sites for hydroxylation is 1. The van der Waals surface area contributed by atoms with Gasteiger partial charge < -0.3 is 9.47 Å². The van der Waals surface area contributed by atoms with E-state index in [2.05, 4.69) is 25.2 Å². The molecule has 4 N–H and O–H groups in total. The van der Waals surface area contributed by atoms with Crippen molar-refractivity contribution < 1.29 is 40.6 Å². The third-order valence-electron chi connectivity index (χ3n) is 8.71. The Balaban J connectivity index is 1.21. The summed E-state index contributed by atoms with van der Waals surface area (Å²) >= 11 is 6.82. The molecule has 0 radical (unpaired) electrons. The van der Waals surface area contributed by atoms with Crippen LogP contribution >= 0.6 is 11.6 Å². The first-order chi connectivity index (χ1) is 27.4. The van der Waals surface area contributed by atoms with Gasteiger partial charge in [0.1, 0.15) is 25.6 Å². The second kappa shape index (κ2) is 17.0. The zero-order chi connectivity index (χ0) is 41.8. The lowest BCUT2D eigenvalue weighted by Crippen LogP contribution is -2.41. The van der Waals surface area contributed by atoms with E-state index in [1.807, 2.05) is 30.3 Å². The maximum Gasteiger partial charge on any atom is 0.505 e. The Morgan fingerprint density at radius 2 is 1.40 bits per heavy atom. The molecule has 0 fully saturated rings. The van der Waals surface area contributed by atoms with Crippen LogP contribution in [0.3, 0.4) is 0 Å². The van der Waals surface area contributed by atoms with E-state index in [0.717, 1.165) is 18.1 Å². The van der Waals surface area contributed by atoms with Crippen LogP contribution in [0.4, 0.5) is 32.6 Å². The number of hydrogen-bond acceptors (Lipinski definition) is 9. The van der Waals surface area contributed by atoms with Crippen molar-refractivity contribution in [1.82, 2.24) is 14.5 Å². The minimum atomic E-state index is -3.49. The summed E-state index contributed by atoms with van der Waals surface area (Å²) in [4.78, 5) is 26.3. The molecule has 16 nitrogen and oxygen atoms in total. The predicted octanol–water partition coefficient (Wildman–Crippen LogP) is 6.82. The zero-order valence-corrected chi connectivity index (χ0v) is 34.3. The van der Waals surface area contributed by atoms with Gasteiger partial charge in [-0.3, -0.25) is 19.4 Å². The maximum atomic E-state index is 13.2. The SMILES string of the molecule is C[C@@H](OC(=O)Nc1c(-c2ccc(NS(C)(=O)=O)cc2)cnn1C)c1ccc(-n2cc(-c3ccc(NS(C)(=O)=O)cc3)c(NC(=O)OCc3ccccc3)[n+]2C)cc1Cl. The summed E-state index contributed by atoms with van der Waals surface area (Å²) in [7, 11) is -3.55. The molecule has 0 saturated carbocycles. The Hall–Kier alpha value is -6.37. The molecule has 19 heteroatoms. The molecular formula is C39H40ClN8O8S2+. The molecule has 0 aliphatic carbocycles. The number of carbonyl (C=O) groups excluding carboxylic acids is 2. The summed E-state index contributed by atoms with van der Waals surface area (Å²) < 4.78 is 67.8. The number of aromatic nitrogens is 4. The monoisotopic (exact) mass is 847 g/mol. The molecule has 0 unspecified atom stereocenters. The number of carbonyl (C=O) groups is 2. The van der Waals surface area contributed by atoms with Crippen molar-refractivity contribution in [2.45, 2.75) is 19.6 Å². The van der Waals surface area contributed by atoms with Crippen LogP contribution in [0.5, 0.6) is 0 Å². The van der Waals surface area contributed by atoms with E-state index in [-0.39, 0.29) is 6.61 Å². The predicted molar refractivity (Wildman–Crippen MR) is 222 cm³/mol. The summed E-state index contributed by atoms with van der Waals surface area (Å²) in [5.41, 5.74) is 5.22. The third-order valence-corrected chi connectivity index (χ3v) is 10.3. The lowest BCUT2D eigenvalue weighted by molar-refractivity contribution is -0.730. The van der Waals surface area contributed by atoms with E-state index in [4.69, 9.17) is 21.1 Å². The van der Waals surface area contributed by atoms with E-state index in [0.29, 0.717) is 61.5 Å². The van der Waals surface area contributed by atoms with Gasteiger partial charge in [0.05, 0.1) is 36.2 Å². The molecule has 0 aliphatic heterocycles. The molecule has 1 atom stereocenters. The molecule has 2 aromatic heterocycles. The van der Waals surface area contributed by atoms with Crippen LogP contribution in [0.15, 0.2) is 109 Å². The Bertz CT molecular complexity index is 2690. The van der Waals surface area contributed by atoms with Crippen LogP contribution in [0.1, 0.15) is 24.2 Å². The van der Waals surface area contributed by atoms with Crippen LogP contribution in [-0.2, 0) is 50.2 Å². The summed E-state index contributed by atoms with van der Waals surface area (Å²) in [6, 6.07) is 27.7. The lowest BCUT2D eigenvalue weighted by Gasteiger charge is -2.17. The molecule has 302 valence electrons. The van der Waals surface area contributed by atoms with Gasteiger partial charge in [0.15, 0.2) is 0 Å². The molecule has 0 saturated heterocycles. The summed E-state index contributed by atoms with van der Waals surface area (Å²) in [5.74, 6) is 0.736. The van der Waals surface area contributed by atoms with Crippen LogP contribution < -0.4 is 24.8 Å². The largest absolute Gasteiger partial charge is 0.505 e. The van der Waals surface area contributed by atoms with Crippen LogP contribution in [0, 0.1) is 0 Å². The number of nitrogens with zero attached hydrogens (tertiary/aromatic N) is 4. The van der Waals surface area contributed by atoms with E-state index in [9.17, 15) is 26.4 Å². The number of nitrogens with one attached hydrogen (secondary N) is 4. The Kier molecular flexibility index (Phi) is 12.1. The van der Waals surface area contributed by atoms with Crippen LogP contribution in [-0.4, -0.2) is 56.0 Å². The van der Waals surface area contributed by atoms with Gasteiger partial charge in [-0.15, -0.1) is 0 Å². The van der Waals surface area contributed by atoms with Crippen LogP contribution in [0.2, 0.25) is 5.02 Å². The number of anilines is 4. The van der Waals surface area contributed by atoms with E-state index >= 15 is 0 Å². The second-order valence-corrected chi connectivity index (χ2v) is 17.2. The van der Waals surface area contributed by atoms with Crippen molar-refractivity contribution in [2.24, 2.45) is 14.1 Å². The van der Waals surface area contributed by atoms with Gasteiger partial charge in [0, 0.05) is 34.6 Å². The number of hydrogen-bond donors (Lipinski definition) is 4. The number of rotatable bonds is 13. The van der Waals surface area contributed by atoms with Crippen molar-refractivity contribution in [3.05, 3.63) is 126 Å². The Morgan fingerprint density at radius 3 is 1.97 bits per heavy atom. The first kappa shape index (κ1) is 41.3. The van der Waals surface area contributed by atoms with Crippen molar-refractivity contribution in [1.29, 1.82) is 0 Å². The first-order valence-corrected chi connectivity index (χ1v) is 21.7.